The second-order valence-electron chi connectivity index (χ2n) is 6.73. The molecule has 0 heterocycles. The highest BCUT2D eigenvalue weighted by Gasteiger charge is 2.73. The number of hydrogen-bond acceptors (Lipinski definition) is 3. The highest BCUT2D eigenvalue weighted by Crippen LogP contribution is 2.54. The van der Waals surface area contributed by atoms with Crippen LogP contribution < -0.4 is 16.4 Å². The standard InChI is InChI=1S/C19H13Br2F8N3O2/c20-10-6-8(17(23,18(24,25)26)19(27,28)29)7-11(21)15(10)32-16(34)9-2-1-3-12(14(9)22)31-5-4-13(30)33/h1-3,6-7,31H,4-5H2,(H2,30,33)(H,32,34). The molecule has 0 fully saturated rings. The van der Waals surface area contributed by atoms with Gasteiger partial charge in [0.1, 0.15) is 0 Å². The Morgan fingerprint density at radius 3 is 1.94 bits per heavy atom. The quantitative estimate of drug-likeness (QED) is 0.321. The fourth-order valence-electron chi connectivity index (χ4n) is 2.72. The zero-order valence-electron chi connectivity index (χ0n) is 16.5. The first kappa shape index (κ1) is 27.8. The van der Waals surface area contributed by atoms with E-state index in [1.165, 1.54) is 12.1 Å². The number of nitrogens with two attached hydrogens (primary N) is 1. The fraction of sp³-hybridized carbons (Fsp3) is 0.263. The minimum atomic E-state index is -6.33. The minimum absolute atomic E-state index is 0.0424. The molecule has 0 spiro atoms. The summed E-state index contributed by atoms with van der Waals surface area (Å²) in [6.45, 7) is -0.0424. The number of carbonyl (C=O) groups excluding carboxylic acids is 2. The molecule has 0 saturated carbocycles. The lowest BCUT2D eigenvalue weighted by Gasteiger charge is -2.31. The number of alkyl halides is 7. The highest BCUT2D eigenvalue weighted by atomic mass is 79.9. The van der Waals surface area contributed by atoms with Crippen LogP contribution in [0.1, 0.15) is 22.3 Å². The van der Waals surface area contributed by atoms with Gasteiger partial charge in [0.05, 0.1) is 16.9 Å². The molecule has 34 heavy (non-hydrogen) atoms. The maximum absolute atomic E-state index is 14.7. The van der Waals surface area contributed by atoms with Gasteiger partial charge in [0, 0.05) is 27.5 Å². The van der Waals surface area contributed by atoms with Crippen LogP contribution in [0.15, 0.2) is 39.3 Å². The largest absolute Gasteiger partial charge is 0.435 e. The lowest BCUT2D eigenvalue weighted by Crippen LogP contribution is -2.50. The molecule has 186 valence electrons. The lowest BCUT2D eigenvalue weighted by atomic mass is 9.94. The number of rotatable bonds is 7. The van der Waals surface area contributed by atoms with Crippen LogP contribution in [0.5, 0.6) is 0 Å². The summed E-state index contributed by atoms with van der Waals surface area (Å²) in [5.41, 5.74) is -3.60. The number of amides is 2. The van der Waals surface area contributed by atoms with Gasteiger partial charge in [-0.2, -0.15) is 26.3 Å². The molecule has 15 heteroatoms. The van der Waals surface area contributed by atoms with Crippen LogP contribution in [-0.2, 0) is 10.5 Å². The van der Waals surface area contributed by atoms with Gasteiger partial charge in [-0.25, -0.2) is 8.78 Å². The van der Waals surface area contributed by atoms with E-state index in [1.54, 1.807) is 0 Å². The van der Waals surface area contributed by atoms with Crippen molar-refractivity contribution in [3.8, 4) is 0 Å². The molecule has 4 N–H and O–H groups in total. The van der Waals surface area contributed by atoms with Gasteiger partial charge in [0.25, 0.3) is 5.91 Å². The first-order chi connectivity index (χ1) is 15.5. The van der Waals surface area contributed by atoms with Crippen LogP contribution in [0.25, 0.3) is 0 Å². The van der Waals surface area contributed by atoms with E-state index in [9.17, 15) is 44.7 Å². The molecule has 0 aromatic heterocycles. The van der Waals surface area contributed by atoms with Gasteiger partial charge in [-0.3, -0.25) is 9.59 Å². The Morgan fingerprint density at radius 1 is 0.941 bits per heavy atom. The first-order valence-corrected chi connectivity index (χ1v) is 10.5. The molecule has 0 aliphatic rings. The molecule has 0 radical (unpaired) electrons. The number of primary amides is 1. The van der Waals surface area contributed by atoms with Crippen molar-refractivity contribution in [1.82, 2.24) is 0 Å². The van der Waals surface area contributed by atoms with Crippen LogP contribution in [0.2, 0.25) is 0 Å². The number of hydrogen-bond donors (Lipinski definition) is 3. The minimum Gasteiger partial charge on any atom is -0.382 e. The monoisotopic (exact) mass is 625 g/mol. The van der Waals surface area contributed by atoms with Gasteiger partial charge < -0.3 is 16.4 Å². The molecule has 2 amide bonds. The van der Waals surface area contributed by atoms with Crippen LogP contribution >= 0.6 is 31.9 Å². The smallest absolute Gasteiger partial charge is 0.382 e. The Bertz CT molecular complexity index is 1070. The Kier molecular flexibility index (Phi) is 8.23. The first-order valence-electron chi connectivity index (χ1n) is 8.94. The third-order valence-corrected chi connectivity index (χ3v) is 5.64. The predicted molar refractivity (Wildman–Crippen MR) is 113 cm³/mol. The van der Waals surface area contributed by atoms with E-state index in [-0.39, 0.29) is 36.5 Å². The summed E-state index contributed by atoms with van der Waals surface area (Å²) >= 11 is 5.42. The van der Waals surface area contributed by atoms with Gasteiger partial charge in [0.2, 0.25) is 5.91 Å². The number of halogens is 10. The van der Waals surface area contributed by atoms with E-state index in [2.05, 4.69) is 42.5 Å². The Labute approximate surface area is 203 Å². The van der Waals surface area contributed by atoms with Gasteiger partial charge in [0.15, 0.2) is 5.82 Å². The number of carbonyl (C=O) groups is 2. The predicted octanol–water partition coefficient (Wildman–Crippen LogP) is 6.18. The van der Waals surface area contributed by atoms with Gasteiger partial charge in [-0.15, -0.1) is 0 Å². The molecule has 0 atom stereocenters. The maximum Gasteiger partial charge on any atom is 0.435 e. The van der Waals surface area contributed by atoms with Crippen molar-refractivity contribution in [3.63, 3.8) is 0 Å². The van der Waals surface area contributed by atoms with Gasteiger partial charge in [-0.1, -0.05) is 6.07 Å². The summed E-state index contributed by atoms with van der Waals surface area (Å²) in [5, 5.41) is 4.68. The van der Waals surface area contributed by atoms with Gasteiger partial charge >= 0.3 is 18.0 Å². The zero-order chi connectivity index (χ0) is 26.1. The summed E-state index contributed by atoms with van der Waals surface area (Å²) in [6, 6.07) is 4.00. The van der Waals surface area contributed by atoms with Gasteiger partial charge in [-0.05, 0) is 56.1 Å². The number of nitrogens with one attached hydrogen (secondary N) is 2. The average Bonchev–Trinajstić information content (AvgIpc) is 2.69. The summed E-state index contributed by atoms with van der Waals surface area (Å²) in [7, 11) is 0. The SMILES string of the molecule is NC(=O)CCNc1cccc(C(=O)Nc2c(Br)cc(C(F)(C(F)(F)F)C(F)(F)F)cc2Br)c1F. The molecular formula is C19H13Br2F8N3O2. The zero-order valence-corrected chi connectivity index (χ0v) is 19.6. The van der Waals surface area contributed by atoms with Crippen molar-refractivity contribution < 1.29 is 44.7 Å². The normalized spacial score (nSPS) is 12.4. The number of benzene rings is 2. The molecule has 5 nitrogen and oxygen atoms in total. The third-order valence-electron chi connectivity index (χ3n) is 4.39. The lowest BCUT2D eigenvalue weighted by molar-refractivity contribution is -0.348. The highest BCUT2D eigenvalue weighted by molar-refractivity contribution is 9.11. The summed E-state index contributed by atoms with van der Waals surface area (Å²) < 4.78 is 106. The van der Waals surface area contributed by atoms with E-state index in [4.69, 9.17) is 5.73 Å². The van der Waals surface area contributed by atoms with Crippen molar-refractivity contribution in [2.24, 2.45) is 5.73 Å². The van der Waals surface area contributed by atoms with Crippen LogP contribution in [0, 0.1) is 5.82 Å². The van der Waals surface area contributed by atoms with Crippen molar-refractivity contribution >= 4 is 55.0 Å². The molecule has 0 aliphatic heterocycles. The number of anilines is 2. The molecular weight excluding hydrogens is 614 g/mol. The fourth-order valence-corrected chi connectivity index (χ4v) is 4.11. The second kappa shape index (κ2) is 10.1. The van der Waals surface area contributed by atoms with E-state index in [0.29, 0.717) is 0 Å². The maximum atomic E-state index is 14.7. The summed E-state index contributed by atoms with van der Waals surface area (Å²) in [5.74, 6) is -2.83. The Hall–Kier alpha value is -2.42. The Balaban J connectivity index is 2.39. The topological polar surface area (TPSA) is 84.2 Å². The molecule has 0 aliphatic carbocycles. The van der Waals surface area contributed by atoms with Crippen molar-refractivity contribution in [3.05, 3.63) is 56.2 Å². The Morgan fingerprint density at radius 2 is 1.47 bits per heavy atom. The van der Waals surface area contributed by atoms with E-state index >= 15 is 0 Å². The summed E-state index contributed by atoms with van der Waals surface area (Å²) in [4.78, 5) is 23.3. The second-order valence-corrected chi connectivity index (χ2v) is 8.44. The van der Waals surface area contributed by atoms with Crippen molar-refractivity contribution in [2.45, 2.75) is 24.4 Å². The molecule has 2 aromatic carbocycles. The van der Waals surface area contributed by atoms with Crippen molar-refractivity contribution in [2.75, 3.05) is 17.2 Å². The molecule has 0 unspecified atom stereocenters. The van der Waals surface area contributed by atoms with E-state index in [0.717, 1.165) is 6.07 Å². The molecule has 0 saturated heterocycles. The molecule has 0 bridgehead atoms. The average molecular weight is 627 g/mol. The third kappa shape index (κ3) is 5.62. The van der Waals surface area contributed by atoms with Crippen LogP contribution in [0.3, 0.4) is 0 Å². The van der Waals surface area contributed by atoms with E-state index in [1.807, 2.05) is 0 Å². The molecule has 2 rings (SSSR count). The summed E-state index contributed by atoms with van der Waals surface area (Å²) in [6.07, 6.45) is -12.8. The van der Waals surface area contributed by atoms with Crippen LogP contribution in [-0.4, -0.2) is 30.7 Å². The molecule has 2 aromatic rings. The van der Waals surface area contributed by atoms with Crippen LogP contribution in [0.4, 0.5) is 46.5 Å². The van der Waals surface area contributed by atoms with E-state index < -0.39 is 55.7 Å². The van der Waals surface area contributed by atoms with Crippen molar-refractivity contribution in [1.29, 1.82) is 0 Å².